The second-order valence-corrected chi connectivity index (χ2v) is 7.05. The van der Waals surface area contributed by atoms with Crippen molar-refractivity contribution in [2.45, 2.75) is 39.7 Å². The van der Waals surface area contributed by atoms with Crippen LogP contribution in [0.3, 0.4) is 0 Å². The molecule has 0 aliphatic carbocycles. The van der Waals surface area contributed by atoms with Gasteiger partial charge in [0.2, 0.25) is 0 Å². The lowest BCUT2D eigenvalue weighted by Crippen LogP contribution is -2.24. The zero-order chi connectivity index (χ0) is 15.1. The highest BCUT2D eigenvalue weighted by Gasteiger charge is 2.21. The van der Waals surface area contributed by atoms with Crippen molar-refractivity contribution in [3.05, 3.63) is 11.1 Å². The van der Waals surface area contributed by atoms with Crippen LogP contribution in [-0.2, 0) is 11.3 Å². The van der Waals surface area contributed by atoms with E-state index in [-0.39, 0.29) is 0 Å². The standard InChI is InChI=1S/C16H29N3OS/c1-13(2)14-5-4-8-19(9-6-14)16-18-15(12-21-16)11-17-7-10-20-3/h12-14,17H,4-11H2,1-3H3. The van der Waals surface area contributed by atoms with Gasteiger partial charge in [-0.3, -0.25) is 0 Å². The quantitative estimate of drug-likeness (QED) is 0.785. The van der Waals surface area contributed by atoms with Crippen LogP contribution in [0, 0.1) is 11.8 Å². The van der Waals surface area contributed by atoms with Gasteiger partial charge in [0.05, 0.1) is 12.3 Å². The van der Waals surface area contributed by atoms with E-state index in [0.717, 1.165) is 50.3 Å². The first kappa shape index (κ1) is 16.7. The third-order valence-corrected chi connectivity index (χ3v) is 5.27. The molecular weight excluding hydrogens is 282 g/mol. The van der Waals surface area contributed by atoms with Gasteiger partial charge in [-0.2, -0.15) is 0 Å². The summed E-state index contributed by atoms with van der Waals surface area (Å²) in [6.45, 7) is 9.49. The summed E-state index contributed by atoms with van der Waals surface area (Å²) in [6.07, 6.45) is 3.97. The molecule has 21 heavy (non-hydrogen) atoms. The molecule has 0 saturated carbocycles. The fraction of sp³-hybridized carbons (Fsp3) is 0.812. The van der Waals surface area contributed by atoms with Crippen LogP contribution < -0.4 is 10.2 Å². The van der Waals surface area contributed by atoms with Crippen LogP contribution in [0.2, 0.25) is 0 Å². The summed E-state index contributed by atoms with van der Waals surface area (Å²) in [6, 6.07) is 0. The molecule has 1 aromatic heterocycles. The Morgan fingerprint density at radius 3 is 3.05 bits per heavy atom. The van der Waals surface area contributed by atoms with Crippen molar-refractivity contribution in [2.24, 2.45) is 11.8 Å². The Kier molecular flexibility index (Phi) is 6.93. The van der Waals surface area contributed by atoms with Crippen molar-refractivity contribution in [1.82, 2.24) is 10.3 Å². The molecule has 1 saturated heterocycles. The van der Waals surface area contributed by atoms with E-state index in [1.807, 2.05) is 0 Å². The molecule has 1 fully saturated rings. The Morgan fingerprint density at radius 2 is 2.29 bits per heavy atom. The normalized spacial score (nSPS) is 20.0. The number of anilines is 1. The van der Waals surface area contributed by atoms with Gasteiger partial charge in [0, 0.05) is 38.7 Å². The molecule has 0 spiro atoms. The number of hydrogen-bond donors (Lipinski definition) is 1. The average molecular weight is 311 g/mol. The van der Waals surface area contributed by atoms with Crippen LogP contribution in [-0.4, -0.2) is 38.3 Å². The van der Waals surface area contributed by atoms with Crippen molar-refractivity contribution >= 4 is 16.5 Å². The molecule has 0 bridgehead atoms. The molecule has 1 aromatic rings. The summed E-state index contributed by atoms with van der Waals surface area (Å²) in [7, 11) is 1.73. The van der Waals surface area contributed by atoms with Gasteiger partial charge in [-0.1, -0.05) is 13.8 Å². The van der Waals surface area contributed by atoms with Crippen LogP contribution in [0.1, 0.15) is 38.8 Å². The summed E-state index contributed by atoms with van der Waals surface area (Å²) >= 11 is 1.78. The number of rotatable bonds is 7. The number of nitrogens with zero attached hydrogens (tertiary/aromatic N) is 2. The zero-order valence-electron chi connectivity index (χ0n) is 13.6. The van der Waals surface area contributed by atoms with Gasteiger partial charge in [-0.25, -0.2) is 4.98 Å². The topological polar surface area (TPSA) is 37.4 Å². The predicted molar refractivity (Wildman–Crippen MR) is 90.1 cm³/mol. The van der Waals surface area contributed by atoms with Gasteiger partial charge in [-0.05, 0) is 31.1 Å². The first-order chi connectivity index (χ1) is 10.2. The fourth-order valence-electron chi connectivity index (χ4n) is 2.89. The Morgan fingerprint density at radius 1 is 1.43 bits per heavy atom. The molecule has 1 unspecified atom stereocenters. The van der Waals surface area contributed by atoms with Gasteiger partial charge < -0.3 is 15.0 Å². The van der Waals surface area contributed by atoms with Gasteiger partial charge in [-0.15, -0.1) is 11.3 Å². The van der Waals surface area contributed by atoms with Crippen LogP contribution in [0.5, 0.6) is 0 Å². The fourth-order valence-corrected chi connectivity index (χ4v) is 3.77. The minimum atomic E-state index is 0.750. The van der Waals surface area contributed by atoms with E-state index in [1.54, 1.807) is 18.4 Å². The summed E-state index contributed by atoms with van der Waals surface area (Å²) in [5, 5.41) is 6.73. The number of hydrogen-bond acceptors (Lipinski definition) is 5. The average Bonchev–Trinajstić information content (AvgIpc) is 2.79. The number of nitrogens with one attached hydrogen (secondary N) is 1. The van der Waals surface area contributed by atoms with Crippen LogP contribution in [0.25, 0.3) is 0 Å². The lowest BCUT2D eigenvalue weighted by atomic mass is 9.89. The first-order valence-corrected chi connectivity index (χ1v) is 8.97. The Hall–Kier alpha value is -0.650. The van der Waals surface area contributed by atoms with E-state index in [0.29, 0.717) is 0 Å². The summed E-state index contributed by atoms with van der Waals surface area (Å²) in [5.74, 6) is 1.69. The molecule has 0 radical (unpaired) electrons. The molecule has 2 rings (SSSR count). The van der Waals surface area contributed by atoms with Crippen molar-refractivity contribution in [1.29, 1.82) is 0 Å². The molecular formula is C16H29N3OS. The third-order valence-electron chi connectivity index (χ3n) is 4.31. The van der Waals surface area contributed by atoms with E-state index in [9.17, 15) is 0 Å². The highest BCUT2D eigenvalue weighted by Crippen LogP contribution is 2.28. The van der Waals surface area contributed by atoms with Gasteiger partial charge in [0.1, 0.15) is 0 Å². The van der Waals surface area contributed by atoms with Crippen molar-refractivity contribution in [2.75, 3.05) is 38.3 Å². The number of methoxy groups -OCH3 is 1. The first-order valence-electron chi connectivity index (χ1n) is 8.09. The SMILES string of the molecule is COCCNCc1csc(N2CCCC(C(C)C)CC2)n1. The molecule has 4 nitrogen and oxygen atoms in total. The van der Waals surface area contributed by atoms with E-state index in [1.165, 1.54) is 24.4 Å². The van der Waals surface area contributed by atoms with Gasteiger partial charge in [0.15, 0.2) is 5.13 Å². The summed E-state index contributed by atoms with van der Waals surface area (Å²) < 4.78 is 5.03. The van der Waals surface area contributed by atoms with Crippen molar-refractivity contribution in [3.8, 4) is 0 Å². The van der Waals surface area contributed by atoms with E-state index in [4.69, 9.17) is 9.72 Å². The monoisotopic (exact) mass is 311 g/mol. The third kappa shape index (κ3) is 5.24. The second-order valence-electron chi connectivity index (χ2n) is 6.21. The second kappa shape index (κ2) is 8.71. The maximum atomic E-state index is 5.03. The molecule has 1 aliphatic rings. The van der Waals surface area contributed by atoms with Gasteiger partial charge in [0.25, 0.3) is 0 Å². The van der Waals surface area contributed by atoms with Crippen LogP contribution >= 0.6 is 11.3 Å². The number of thiazole rings is 1. The maximum Gasteiger partial charge on any atom is 0.185 e. The van der Waals surface area contributed by atoms with E-state index >= 15 is 0 Å². The lowest BCUT2D eigenvalue weighted by Gasteiger charge is -2.20. The Balaban J connectivity index is 1.83. The molecule has 0 amide bonds. The van der Waals surface area contributed by atoms with E-state index < -0.39 is 0 Å². The molecule has 1 aliphatic heterocycles. The van der Waals surface area contributed by atoms with Crippen molar-refractivity contribution in [3.63, 3.8) is 0 Å². The highest BCUT2D eigenvalue weighted by atomic mass is 32.1. The molecule has 0 aromatic carbocycles. The predicted octanol–water partition coefficient (Wildman–Crippen LogP) is 3.14. The number of aromatic nitrogens is 1. The van der Waals surface area contributed by atoms with E-state index in [2.05, 4.69) is 29.4 Å². The molecule has 120 valence electrons. The molecule has 1 N–H and O–H groups in total. The lowest BCUT2D eigenvalue weighted by molar-refractivity contribution is 0.199. The summed E-state index contributed by atoms with van der Waals surface area (Å²) in [5.41, 5.74) is 1.15. The minimum Gasteiger partial charge on any atom is -0.383 e. The molecule has 1 atom stereocenters. The minimum absolute atomic E-state index is 0.750. The highest BCUT2D eigenvalue weighted by molar-refractivity contribution is 7.13. The maximum absolute atomic E-state index is 5.03. The van der Waals surface area contributed by atoms with Crippen LogP contribution in [0.15, 0.2) is 5.38 Å². The number of ether oxygens (including phenoxy) is 1. The zero-order valence-corrected chi connectivity index (χ0v) is 14.4. The summed E-state index contributed by atoms with van der Waals surface area (Å²) in [4.78, 5) is 7.26. The van der Waals surface area contributed by atoms with Gasteiger partial charge >= 0.3 is 0 Å². The molecule has 5 heteroatoms. The Labute approximate surface area is 132 Å². The van der Waals surface area contributed by atoms with Crippen LogP contribution in [0.4, 0.5) is 5.13 Å². The Bertz CT molecular complexity index is 408. The smallest absolute Gasteiger partial charge is 0.185 e. The molecule has 2 heterocycles. The largest absolute Gasteiger partial charge is 0.383 e. The van der Waals surface area contributed by atoms with Crippen molar-refractivity contribution < 1.29 is 4.74 Å².